The summed E-state index contributed by atoms with van der Waals surface area (Å²) in [7, 11) is 0. The summed E-state index contributed by atoms with van der Waals surface area (Å²) in [5.41, 5.74) is 1.78. The zero-order valence-corrected chi connectivity index (χ0v) is 14.3. The van der Waals surface area contributed by atoms with E-state index in [-0.39, 0.29) is 5.91 Å². The van der Waals surface area contributed by atoms with Gasteiger partial charge in [0.2, 0.25) is 5.91 Å². The molecule has 0 atom stereocenters. The van der Waals surface area contributed by atoms with E-state index in [1.807, 2.05) is 30.0 Å². The van der Waals surface area contributed by atoms with Crippen LogP contribution in [-0.4, -0.2) is 43.3 Å². The number of hydrogen-bond acceptors (Lipinski definition) is 4. The molecule has 5 nitrogen and oxygen atoms in total. The lowest BCUT2D eigenvalue weighted by atomic mass is 10.1. The highest BCUT2D eigenvalue weighted by Gasteiger charge is 2.21. The molecule has 24 heavy (non-hydrogen) atoms. The van der Waals surface area contributed by atoms with Gasteiger partial charge in [-0.1, -0.05) is 18.5 Å². The van der Waals surface area contributed by atoms with Crippen LogP contribution in [0.1, 0.15) is 23.9 Å². The Kier molecular flexibility index (Phi) is 4.90. The van der Waals surface area contributed by atoms with Crippen LogP contribution in [0.4, 0.5) is 5.69 Å². The third-order valence-corrected chi connectivity index (χ3v) is 4.55. The summed E-state index contributed by atoms with van der Waals surface area (Å²) >= 11 is 6.45. The largest absolute Gasteiger partial charge is 0.453 e. The minimum atomic E-state index is 0.194. The molecule has 126 valence electrons. The maximum Gasteiger partial charge on any atom is 0.222 e. The van der Waals surface area contributed by atoms with Crippen LogP contribution in [0, 0.1) is 0 Å². The van der Waals surface area contributed by atoms with E-state index in [0.717, 1.165) is 24.3 Å². The lowest BCUT2D eigenvalue weighted by molar-refractivity contribution is -0.131. The monoisotopic (exact) mass is 346 g/mol. The molecule has 0 aliphatic carbocycles. The Labute approximate surface area is 145 Å². The van der Waals surface area contributed by atoms with Crippen LogP contribution in [0.25, 0.3) is 11.3 Å². The molecule has 2 heterocycles. The number of nitrogens with zero attached hydrogens (tertiary/aromatic N) is 2. The lowest BCUT2D eigenvalue weighted by Gasteiger charge is -2.36. The first-order valence-electron chi connectivity index (χ1n) is 8.00. The third kappa shape index (κ3) is 3.31. The van der Waals surface area contributed by atoms with Crippen molar-refractivity contribution >= 4 is 29.5 Å². The van der Waals surface area contributed by atoms with Crippen LogP contribution >= 0.6 is 11.6 Å². The van der Waals surface area contributed by atoms with E-state index in [4.69, 9.17) is 16.0 Å². The Morgan fingerprint density at radius 1 is 1.21 bits per heavy atom. The van der Waals surface area contributed by atoms with E-state index in [1.165, 1.54) is 0 Å². The van der Waals surface area contributed by atoms with Gasteiger partial charge in [-0.3, -0.25) is 9.59 Å². The zero-order chi connectivity index (χ0) is 17.1. The van der Waals surface area contributed by atoms with E-state index < -0.39 is 0 Å². The number of rotatable bonds is 4. The highest BCUT2D eigenvalue weighted by atomic mass is 35.5. The summed E-state index contributed by atoms with van der Waals surface area (Å²) in [6, 6.07) is 9.11. The molecular weight excluding hydrogens is 328 g/mol. The molecule has 3 rings (SSSR count). The van der Waals surface area contributed by atoms with Crippen molar-refractivity contribution in [3.63, 3.8) is 0 Å². The maximum atomic E-state index is 11.8. The van der Waals surface area contributed by atoms with Crippen LogP contribution in [0.2, 0.25) is 5.02 Å². The molecule has 6 heteroatoms. The molecular formula is C18H19ClN2O3. The quantitative estimate of drug-likeness (QED) is 0.795. The number of carbonyl (C=O) groups is 2. The Bertz CT molecular complexity index is 748. The van der Waals surface area contributed by atoms with Crippen molar-refractivity contribution in [3.05, 3.63) is 41.1 Å². The fourth-order valence-corrected chi connectivity index (χ4v) is 3.21. The van der Waals surface area contributed by atoms with Gasteiger partial charge in [0, 0.05) is 38.2 Å². The normalized spacial score (nSPS) is 14.8. The molecule has 0 spiro atoms. The average molecular weight is 347 g/mol. The molecule has 1 aromatic carbocycles. The number of furan rings is 1. The molecule has 0 saturated carbocycles. The van der Waals surface area contributed by atoms with Gasteiger partial charge in [-0.2, -0.15) is 0 Å². The topological polar surface area (TPSA) is 53.8 Å². The number of piperazine rings is 1. The SMILES string of the molecule is CCC(=O)N1CCN(c2ccc(-c3ccc(C=O)o3)cc2Cl)CC1. The molecule has 0 bridgehead atoms. The Balaban J connectivity index is 1.74. The molecule has 0 unspecified atom stereocenters. The third-order valence-electron chi connectivity index (χ3n) is 4.25. The van der Waals surface area contributed by atoms with Gasteiger partial charge in [-0.15, -0.1) is 0 Å². The van der Waals surface area contributed by atoms with Crippen LogP contribution in [0.3, 0.4) is 0 Å². The first-order chi connectivity index (χ1) is 11.6. The van der Waals surface area contributed by atoms with Crippen molar-refractivity contribution in [2.45, 2.75) is 13.3 Å². The summed E-state index contributed by atoms with van der Waals surface area (Å²) in [5, 5.41) is 0.631. The van der Waals surface area contributed by atoms with Gasteiger partial charge in [0.25, 0.3) is 0 Å². The predicted molar refractivity (Wildman–Crippen MR) is 93.6 cm³/mol. The van der Waals surface area contributed by atoms with Crippen molar-refractivity contribution in [1.29, 1.82) is 0 Å². The van der Waals surface area contributed by atoms with Gasteiger partial charge >= 0.3 is 0 Å². The van der Waals surface area contributed by atoms with E-state index >= 15 is 0 Å². The summed E-state index contributed by atoms with van der Waals surface area (Å²) in [4.78, 5) is 26.5. The van der Waals surface area contributed by atoms with Crippen molar-refractivity contribution in [1.82, 2.24) is 4.90 Å². The van der Waals surface area contributed by atoms with Crippen molar-refractivity contribution in [3.8, 4) is 11.3 Å². The molecule has 1 aliphatic heterocycles. The summed E-state index contributed by atoms with van der Waals surface area (Å²) in [5.74, 6) is 1.10. The van der Waals surface area contributed by atoms with Crippen LogP contribution in [0.5, 0.6) is 0 Å². The van der Waals surface area contributed by atoms with Gasteiger partial charge in [-0.05, 0) is 30.3 Å². The molecule has 1 aliphatic rings. The summed E-state index contributed by atoms with van der Waals surface area (Å²) in [6.45, 7) is 4.84. The first kappa shape index (κ1) is 16.6. The Morgan fingerprint density at radius 2 is 1.96 bits per heavy atom. The van der Waals surface area contributed by atoms with E-state index in [2.05, 4.69) is 4.90 Å². The van der Waals surface area contributed by atoms with Gasteiger partial charge in [0.15, 0.2) is 12.0 Å². The second kappa shape index (κ2) is 7.09. The van der Waals surface area contributed by atoms with Crippen molar-refractivity contribution < 1.29 is 14.0 Å². The van der Waals surface area contributed by atoms with Gasteiger partial charge in [0.05, 0.1) is 10.7 Å². The molecule has 2 aromatic rings. The first-order valence-corrected chi connectivity index (χ1v) is 8.38. The van der Waals surface area contributed by atoms with Gasteiger partial charge in [0.1, 0.15) is 5.76 Å². The highest BCUT2D eigenvalue weighted by molar-refractivity contribution is 6.33. The number of amides is 1. The van der Waals surface area contributed by atoms with E-state index in [1.54, 1.807) is 12.1 Å². The van der Waals surface area contributed by atoms with E-state index in [9.17, 15) is 9.59 Å². The predicted octanol–water partition coefficient (Wildman–Crippen LogP) is 3.47. The number of benzene rings is 1. The number of carbonyl (C=O) groups excluding carboxylic acids is 2. The summed E-state index contributed by atoms with van der Waals surface area (Å²) < 4.78 is 5.43. The van der Waals surface area contributed by atoms with E-state index in [0.29, 0.717) is 42.3 Å². The van der Waals surface area contributed by atoms with Crippen LogP contribution < -0.4 is 4.90 Å². The van der Waals surface area contributed by atoms with Crippen LogP contribution in [0.15, 0.2) is 34.7 Å². The number of anilines is 1. The van der Waals surface area contributed by atoms with Crippen molar-refractivity contribution in [2.24, 2.45) is 0 Å². The molecule has 1 fully saturated rings. The second-order valence-corrected chi connectivity index (χ2v) is 6.11. The minimum absolute atomic E-state index is 0.194. The molecule has 0 radical (unpaired) electrons. The number of halogens is 1. The number of hydrogen-bond donors (Lipinski definition) is 0. The smallest absolute Gasteiger partial charge is 0.222 e. The fourth-order valence-electron chi connectivity index (χ4n) is 2.91. The highest BCUT2D eigenvalue weighted by Crippen LogP contribution is 2.32. The molecule has 1 aromatic heterocycles. The summed E-state index contributed by atoms with van der Waals surface area (Å²) in [6.07, 6.45) is 1.22. The maximum absolute atomic E-state index is 11.8. The average Bonchev–Trinajstić information content (AvgIpc) is 3.10. The fraction of sp³-hybridized carbons (Fsp3) is 0.333. The van der Waals surface area contributed by atoms with Crippen LogP contribution in [-0.2, 0) is 4.79 Å². The Morgan fingerprint density at radius 3 is 2.54 bits per heavy atom. The van der Waals surface area contributed by atoms with Gasteiger partial charge < -0.3 is 14.2 Å². The Hall–Kier alpha value is -2.27. The minimum Gasteiger partial charge on any atom is -0.453 e. The molecule has 1 amide bonds. The molecule has 0 N–H and O–H groups in total. The molecule has 1 saturated heterocycles. The van der Waals surface area contributed by atoms with Gasteiger partial charge in [-0.25, -0.2) is 0 Å². The number of aldehydes is 1. The van der Waals surface area contributed by atoms with Crippen molar-refractivity contribution in [2.75, 3.05) is 31.1 Å². The zero-order valence-electron chi connectivity index (χ0n) is 13.5. The second-order valence-electron chi connectivity index (χ2n) is 5.71. The lowest BCUT2D eigenvalue weighted by Crippen LogP contribution is -2.48. The standard InChI is InChI=1S/C18H19ClN2O3/c1-2-18(23)21-9-7-20(8-10-21)16-5-3-13(11-15(16)19)17-6-4-14(12-22)24-17/h3-6,11-12H,2,7-10H2,1H3.